The van der Waals surface area contributed by atoms with Gasteiger partial charge in [-0.15, -0.1) is 0 Å². The molecule has 2 aromatic carbocycles. The number of hydrazone groups is 1. The third-order valence-corrected chi connectivity index (χ3v) is 4.30. The van der Waals surface area contributed by atoms with Crippen molar-refractivity contribution < 1.29 is 23.4 Å². The Kier molecular flexibility index (Phi) is 4.50. The highest BCUT2D eigenvalue weighted by Crippen LogP contribution is 2.40. The Labute approximate surface area is 149 Å². The van der Waals surface area contributed by atoms with E-state index in [1.165, 1.54) is 19.2 Å². The van der Waals surface area contributed by atoms with Crippen LogP contribution < -0.4 is 4.74 Å². The zero-order valence-electron chi connectivity index (χ0n) is 14.3. The lowest BCUT2D eigenvalue weighted by atomic mass is 9.96. The standard InChI is InChI=1S/C19H18F2N2O3/c1-18(20,21)19(25)12-16(13-7-4-3-5-8-13)22-23(19)17(24)14-9-6-10-15(11-14)26-2/h3-11,25H,12H2,1-2H3/t19-/m0/s1. The van der Waals surface area contributed by atoms with Gasteiger partial charge < -0.3 is 9.84 Å². The minimum Gasteiger partial charge on any atom is -0.497 e. The van der Waals surface area contributed by atoms with E-state index in [1.54, 1.807) is 42.5 Å². The maximum absolute atomic E-state index is 14.2. The van der Waals surface area contributed by atoms with E-state index < -0.39 is 24.0 Å². The molecule has 0 saturated carbocycles. The van der Waals surface area contributed by atoms with Crippen LogP contribution >= 0.6 is 0 Å². The van der Waals surface area contributed by atoms with Crippen molar-refractivity contribution in [2.75, 3.05) is 7.11 Å². The van der Waals surface area contributed by atoms with Gasteiger partial charge in [-0.1, -0.05) is 36.4 Å². The number of benzene rings is 2. The highest BCUT2D eigenvalue weighted by Gasteiger charge is 2.59. The second-order valence-corrected chi connectivity index (χ2v) is 6.14. The molecule has 7 heteroatoms. The number of hydrogen-bond donors (Lipinski definition) is 1. The molecule has 0 aliphatic carbocycles. The Balaban J connectivity index is 2.04. The van der Waals surface area contributed by atoms with E-state index in [2.05, 4.69) is 5.10 Å². The lowest BCUT2D eigenvalue weighted by molar-refractivity contribution is -0.222. The third kappa shape index (κ3) is 3.06. The number of nitrogens with zero attached hydrogens (tertiary/aromatic N) is 2. The second kappa shape index (κ2) is 6.49. The molecule has 136 valence electrons. The van der Waals surface area contributed by atoms with E-state index >= 15 is 0 Å². The molecule has 1 atom stereocenters. The Morgan fingerprint density at radius 1 is 1.23 bits per heavy atom. The Morgan fingerprint density at radius 3 is 2.54 bits per heavy atom. The van der Waals surface area contributed by atoms with Crippen LogP contribution in [0.25, 0.3) is 0 Å². The molecule has 0 radical (unpaired) electrons. The van der Waals surface area contributed by atoms with Crippen molar-refractivity contribution in [2.45, 2.75) is 25.0 Å². The van der Waals surface area contributed by atoms with E-state index in [0.29, 0.717) is 23.2 Å². The van der Waals surface area contributed by atoms with Gasteiger partial charge in [-0.3, -0.25) is 4.79 Å². The molecule has 26 heavy (non-hydrogen) atoms. The van der Waals surface area contributed by atoms with E-state index in [9.17, 15) is 18.7 Å². The summed E-state index contributed by atoms with van der Waals surface area (Å²) in [6.07, 6.45) is -0.476. The summed E-state index contributed by atoms with van der Waals surface area (Å²) < 4.78 is 33.5. The average molecular weight is 360 g/mol. The SMILES string of the molecule is COc1cccc(C(=O)N2N=C(c3ccccc3)C[C@]2(O)C(C)(F)F)c1. The first kappa shape index (κ1) is 18.0. The predicted molar refractivity (Wildman–Crippen MR) is 92.3 cm³/mol. The van der Waals surface area contributed by atoms with E-state index in [1.807, 2.05) is 0 Å². The topological polar surface area (TPSA) is 62.1 Å². The number of carbonyl (C=O) groups excluding carboxylic acids is 1. The van der Waals surface area contributed by atoms with Gasteiger partial charge in [0.05, 0.1) is 12.8 Å². The van der Waals surface area contributed by atoms with E-state index in [0.717, 1.165) is 0 Å². The van der Waals surface area contributed by atoms with Crippen LogP contribution in [-0.2, 0) is 0 Å². The molecule has 0 spiro atoms. The summed E-state index contributed by atoms with van der Waals surface area (Å²) in [6.45, 7) is 0.572. The molecule has 1 aliphatic heterocycles. The molecule has 3 rings (SSSR count). The van der Waals surface area contributed by atoms with Crippen LogP contribution in [0.2, 0.25) is 0 Å². The highest BCUT2D eigenvalue weighted by molar-refractivity contribution is 6.05. The maximum Gasteiger partial charge on any atom is 0.294 e. The summed E-state index contributed by atoms with van der Waals surface area (Å²) in [5.74, 6) is -4.02. The number of aliphatic hydroxyl groups is 1. The van der Waals surface area contributed by atoms with Crippen molar-refractivity contribution >= 4 is 11.6 Å². The Hall–Kier alpha value is -2.80. The molecule has 5 nitrogen and oxygen atoms in total. The first-order valence-electron chi connectivity index (χ1n) is 7.98. The Bertz CT molecular complexity index is 849. The molecule has 0 aromatic heterocycles. The number of ether oxygens (including phenoxy) is 1. The molecular weight excluding hydrogens is 342 g/mol. The normalized spacial score (nSPS) is 20.0. The van der Waals surface area contributed by atoms with Crippen LogP contribution in [0.5, 0.6) is 5.75 Å². The number of rotatable bonds is 4. The fourth-order valence-electron chi connectivity index (χ4n) is 2.77. The molecule has 1 N–H and O–H groups in total. The van der Waals surface area contributed by atoms with Crippen LogP contribution in [0.4, 0.5) is 8.78 Å². The number of halogens is 2. The summed E-state index contributed by atoms with van der Waals surface area (Å²) in [7, 11) is 1.43. The van der Waals surface area contributed by atoms with Gasteiger partial charge in [0.15, 0.2) is 0 Å². The minimum atomic E-state index is -3.58. The average Bonchev–Trinajstić information content (AvgIpc) is 3.01. The molecule has 0 bridgehead atoms. The van der Waals surface area contributed by atoms with Crippen molar-refractivity contribution in [1.82, 2.24) is 5.01 Å². The van der Waals surface area contributed by atoms with Crippen molar-refractivity contribution in [2.24, 2.45) is 5.10 Å². The molecule has 0 fully saturated rings. The van der Waals surface area contributed by atoms with Crippen molar-refractivity contribution in [1.29, 1.82) is 0 Å². The predicted octanol–water partition coefficient (Wildman–Crippen LogP) is 3.29. The number of hydrogen-bond acceptors (Lipinski definition) is 4. The van der Waals surface area contributed by atoms with Crippen molar-refractivity contribution in [3.05, 3.63) is 65.7 Å². The van der Waals surface area contributed by atoms with Gasteiger partial charge in [0.1, 0.15) is 5.75 Å². The number of methoxy groups -OCH3 is 1. The van der Waals surface area contributed by atoms with Gasteiger partial charge >= 0.3 is 0 Å². The largest absolute Gasteiger partial charge is 0.497 e. The Morgan fingerprint density at radius 2 is 1.92 bits per heavy atom. The number of alkyl halides is 2. The van der Waals surface area contributed by atoms with Crippen molar-refractivity contribution in [3.8, 4) is 5.75 Å². The van der Waals surface area contributed by atoms with Gasteiger partial charge in [0, 0.05) is 18.9 Å². The lowest BCUT2D eigenvalue weighted by Crippen LogP contribution is -2.57. The summed E-state index contributed by atoms with van der Waals surface area (Å²) >= 11 is 0. The van der Waals surface area contributed by atoms with Crippen LogP contribution in [-0.4, -0.2) is 40.5 Å². The van der Waals surface area contributed by atoms with E-state index in [4.69, 9.17) is 4.74 Å². The first-order chi connectivity index (χ1) is 12.3. The van der Waals surface area contributed by atoms with Crippen LogP contribution in [0, 0.1) is 0 Å². The summed E-state index contributed by atoms with van der Waals surface area (Å²) in [6, 6.07) is 14.7. The summed E-state index contributed by atoms with van der Waals surface area (Å²) in [5.41, 5.74) is -1.88. The summed E-state index contributed by atoms with van der Waals surface area (Å²) in [4.78, 5) is 12.8. The monoisotopic (exact) mass is 360 g/mol. The molecule has 1 amide bonds. The lowest BCUT2D eigenvalue weighted by Gasteiger charge is -2.35. The molecule has 1 heterocycles. The second-order valence-electron chi connectivity index (χ2n) is 6.14. The molecule has 2 aromatic rings. The maximum atomic E-state index is 14.2. The van der Waals surface area contributed by atoms with Crippen molar-refractivity contribution in [3.63, 3.8) is 0 Å². The molecule has 0 unspecified atom stereocenters. The van der Waals surface area contributed by atoms with Crippen LogP contribution in [0.15, 0.2) is 59.7 Å². The fraction of sp³-hybridized carbons (Fsp3) is 0.263. The quantitative estimate of drug-likeness (QED) is 0.910. The van der Waals surface area contributed by atoms with Gasteiger partial charge in [-0.05, 0) is 23.8 Å². The number of amides is 1. The zero-order valence-corrected chi connectivity index (χ0v) is 14.3. The zero-order chi connectivity index (χ0) is 18.9. The summed E-state index contributed by atoms with van der Waals surface area (Å²) in [5, 5.41) is 15.2. The van der Waals surface area contributed by atoms with Crippen LogP contribution in [0.1, 0.15) is 29.3 Å². The van der Waals surface area contributed by atoms with Gasteiger partial charge in [-0.25, -0.2) is 8.78 Å². The molecule has 0 saturated heterocycles. The number of carbonyl (C=O) groups is 1. The first-order valence-corrected chi connectivity index (χ1v) is 7.98. The fourth-order valence-corrected chi connectivity index (χ4v) is 2.77. The molecule has 1 aliphatic rings. The van der Waals surface area contributed by atoms with Gasteiger partial charge in [-0.2, -0.15) is 10.1 Å². The van der Waals surface area contributed by atoms with Crippen LogP contribution in [0.3, 0.4) is 0 Å². The highest BCUT2D eigenvalue weighted by atomic mass is 19.3. The molecular formula is C19H18F2N2O3. The minimum absolute atomic E-state index is 0.0880. The van der Waals surface area contributed by atoms with Gasteiger partial charge in [0.2, 0.25) is 5.72 Å². The van der Waals surface area contributed by atoms with E-state index in [-0.39, 0.29) is 11.3 Å². The third-order valence-electron chi connectivity index (χ3n) is 4.30. The van der Waals surface area contributed by atoms with Gasteiger partial charge in [0.25, 0.3) is 11.8 Å². The smallest absolute Gasteiger partial charge is 0.294 e.